The molecule has 0 radical (unpaired) electrons. The van der Waals surface area contributed by atoms with E-state index in [0.717, 1.165) is 16.2 Å². The number of ether oxygens (including phenoxy) is 1. The molecule has 8 heteroatoms. The van der Waals surface area contributed by atoms with Crippen LogP contribution in [0, 0.1) is 5.92 Å². The van der Waals surface area contributed by atoms with Gasteiger partial charge in [-0.15, -0.1) is 11.8 Å². The second kappa shape index (κ2) is 8.55. The Morgan fingerprint density at radius 1 is 1.21 bits per heavy atom. The van der Waals surface area contributed by atoms with Gasteiger partial charge < -0.3 is 10.1 Å². The molecule has 1 amide bonds. The van der Waals surface area contributed by atoms with E-state index in [1.807, 2.05) is 45.0 Å². The molecule has 150 valence electrons. The molecule has 6 nitrogen and oxygen atoms in total. The van der Waals surface area contributed by atoms with Crippen molar-refractivity contribution in [1.29, 1.82) is 0 Å². The maximum atomic E-state index is 12.7. The van der Waals surface area contributed by atoms with Gasteiger partial charge in [-0.1, -0.05) is 19.1 Å². The summed E-state index contributed by atoms with van der Waals surface area (Å²) in [5.41, 5.74) is 1.37. The van der Waals surface area contributed by atoms with Gasteiger partial charge in [-0.2, -0.15) is 0 Å². The molecule has 1 aliphatic rings. The van der Waals surface area contributed by atoms with Crippen LogP contribution in [0.15, 0.2) is 52.3 Å². The highest BCUT2D eigenvalue weighted by Crippen LogP contribution is 2.34. The number of fused-ring (bicyclic) bond motifs is 1. The van der Waals surface area contributed by atoms with Crippen molar-refractivity contribution in [3.05, 3.63) is 48.0 Å². The van der Waals surface area contributed by atoms with Crippen LogP contribution in [0.2, 0.25) is 0 Å². The highest BCUT2D eigenvalue weighted by atomic mass is 32.2. The van der Waals surface area contributed by atoms with Crippen molar-refractivity contribution in [2.45, 2.75) is 43.2 Å². The van der Waals surface area contributed by atoms with Gasteiger partial charge in [0, 0.05) is 23.1 Å². The molecule has 2 aromatic carbocycles. The summed E-state index contributed by atoms with van der Waals surface area (Å²) < 4.78 is 33.6. The first kappa shape index (κ1) is 20.7. The second-order valence-corrected chi connectivity index (χ2v) is 9.82. The van der Waals surface area contributed by atoms with Crippen molar-refractivity contribution in [2.24, 2.45) is 5.92 Å². The number of carbonyl (C=O) groups excluding carboxylic acids is 1. The van der Waals surface area contributed by atoms with Crippen LogP contribution >= 0.6 is 11.8 Å². The van der Waals surface area contributed by atoms with E-state index < -0.39 is 10.0 Å². The summed E-state index contributed by atoms with van der Waals surface area (Å²) in [5.74, 6) is 1.19. The van der Waals surface area contributed by atoms with Gasteiger partial charge in [0.2, 0.25) is 15.9 Å². The number of thioether (sulfide) groups is 1. The number of benzene rings is 2. The number of hydrogen-bond acceptors (Lipinski definition) is 5. The van der Waals surface area contributed by atoms with Gasteiger partial charge in [0.25, 0.3) is 0 Å². The van der Waals surface area contributed by atoms with Crippen molar-refractivity contribution in [3.8, 4) is 5.75 Å². The monoisotopic (exact) mass is 420 g/mol. The van der Waals surface area contributed by atoms with Gasteiger partial charge in [-0.05, 0) is 49.7 Å². The fourth-order valence-electron chi connectivity index (χ4n) is 2.67. The van der Waals surface area contributed by atoms with Gasteiger partial charge >= 0.3 is 0 Å². The maximum Gasteiger partial charge on any atom is 0.240 e. The third-order valence-electron chi connectivity index (χ3n) is 4.22. The van der Waals surface area contributed by atoms with E-state index in [2.05, 4.69) is 10.0 Å². The Balaban J connectivity index is 1.71. The second-order valence-electron chi connectivity index (χ2n) is 6.99. The van der Waals surface area contributed by atoms with Crippen LogP contribution in [0.4, 0.5) is 5.69 Å². The van der Waals surface area contributed by atoms with Crippen molar-refractivity contribution >= 4 is 33.4 Å². The number of hydrogen-bond donors (Lipinski definition) is 2. The lowest BCUT2D eigenvalue weighted by Crippen LogP contribution is -2.24. The zero-order valence-corrected chi connectivity index (χ0v) is 17.7. The zero-order chi connectivity index (χ0) is 20.3. The number of rotatable bonds is 6. The molecule has 0 saturated heterocycles. The third kappa shape index (κ3) is 5.06. The SMILES string of the molecule is CC(C)Oc1ccc(CNS(=O)(=O)c2ccc3c(c2)NC(=O)[C@H](C)CS3)cc1. The van der Waals surface area contributed by atoms with E-state index in [1.54, 1.807) is 23.9 Å². The molecule has 0 aromatic heterocycles. The summed E-state index contributed by atoms with van der Waals surface area (Å²) in [4.78, 5) is 13.0. The molecule has 3 rings (SSSR count). The molecule has 2 N–H and O–H groups in total. The minimum absolute atomic E-state index is 0.0826. The molecule has 0 unspecified atom stereocenters. The summed E-state index contributed by atoms with van der Waals surface area (Å²) in [6.45, 7) is 5.92. The first-order valence-electron chi connectivity index (χ1n) is 9.07. The van der Waals surface area contributed by atoms with Crippen molar-refractivity contribution in [1.82, 2.24) is 4.72 Å². The predicted octanol–water partition coefficient (Wildman–Crippen LogP) is 3.63. The van der Waals surface area contributed by atoms with E-state index in [-0.39, 0.29) is 29.4 Å². The van der Waals surface area contributed by atoms with Gasteiger partial charge in [0.15, 0.2) is 0 Å². The fourth-order valence-corrected chi connectivity index (χ4v) is 4.72. The average Bonchev–Trinajstić information content (AvgIpc) is 2.79. The maximum absolute atomic E-state index is 12.7. The molecule has 1 atom stereocenters. The topological polar surface area (TPSA) is 84.5 Å². The molecule has 1 aliphatic heterocycles. The van der Waals surface area contributed by atoms with Crippen LogP contribution in [-0.4, -0.2) is 26.2 Å². The highest BCUT2D eigenvalue weighted by molar-refractivity contribution is 7.99. The lowest BCUT2D eigenvalue weighted by Gasteiger charge is -2.12. The Morgan fingerprint density at radius 3 is 2.61 bits per heavy atom. The molecular weight excluding hydrogens is 396 g/mol. The van der Waals surface area contributed by atoms with Crippen LogP contribution in [0.5, 0.6) is 5.75 Å². The summed E-state index contributed by atoms with van der Waals surface area (Å²) in [5, 5.41) is 2.81. The molecule has 28 heavy (non-hydrogen) atoms. The van der Waals surface area contributed by atoms with E-state index in [4.69, 9.17) is 4.74 Å². The Kier molecular flexibility index (Phi) is 6.32. The van der Waals surface area contributed by atoms with E-state index in [0.29, 0.717) is 11.4 Å². The van der Waals surface area contributed by atoms with Crippen LogP contribution < -0.4 is 14.8 Å². The minimum atomic E-state index is -3.71. The van der Waals surface area contributed by atoms with Crippen LogP contribution in [-0.2, 0) is 21.4 Å². The van der Waals surface area contributed by atoms with E-state index >= 15 is 0 Å². The fraction of sp³-hybridized carbons (Fsp3) is 0.350. The molecule has 0 saturated carbocycles. The van der Waals surface area contributed by atoms with Crippen molar-refractivity contribution in [3.63, 3.8) is 0 Å². The molecule has 0 aliphatic carbocycles. The first-order chi connectivity index (χ1) is 13.2. The number of carbonyl (C=O) groups is 1. The Bertz CT molecular complexity index is 957. The molecule has 0 spiro atoms. The average molecular weight is 421 g/mol. The normalized spacial score (nSPS) is 17.0. The minimum Gasteiger partial charge on any atom is -0.491 e. The summed E-state index contributed by atoms with van der Waals surface area (Å²) in [6, 6.07) is 12.1. The Labute approximate surface area is 170 Å². The van der Waals surface area contributed by atoms with Crippen LogP contribution in [0.25, 0.3) is 0 Å². The van der Waals surface area contributed by atoms with Gasteiger partial charge in [0.05, 0.1) is 16.7 Å². The smallest absolute Gasteiger partial charge is 0.240 e. The first-order valence-corrected chi connectivity index (χ1v) is 11.5. The largest absolute Gasteiger partial charge is 0.491 e. The van der Waals surface area contributed by atoms with Crippen LogP contribution in [0.1, 0.15) is 26.3 Å². The van der Waals surface area contributed by atoms with E-state index in [1.165, 1.54) is 6.07 Å². The predicted molar refractivity (Wildman–Crippen MR) is 111 cm³/mol. The number of sulfonamides is 1. The van der Waals surface area contributed by atoms with Crippen LogP contribution in [0.3, 0.4) is 0 Å². The van der Waals surface area contributed by atoms with E-state index in [9.17, 15) is 13.2 Å². The summed E-state index contributed by atoms with van der Waals surface area (Å²) >= 11 is 1.55. The summed E-state index contributed by atoms with van der Waals surface area (Å²) in [7, 11) is -3.71. The molecular formula is C20H24N2O4S2. The summed E-state index contributed by atoms with van der Waals surface area (Å²) in [6.07, 6.45) is 0.0826. The van der Waals surface area contributed by atoms with Crippen molar-refractivity contribution < 1.29 is 17.9 Å². The molecule has 0 bridgehead atoms. The van der Waals surface area contributed by atoms with Crippen molar-refractivity contribution in [2.75, 3.05) is 11.1 Å². The zero-order valence-electron chi connectivity index (χ0n) is 16.1. The molecule has 0 fully saturated rings. The van der Waals surface area contributed by atoms with Gasteiger partial charge in [-0.25, -0.2) is 13.1 Å². The number of anilines is 1. The Morgan fingerprint density at radius 2 is 1.93 bits per heavy atom. The third-order valence-corrected chi connectivity index (χ3v) is 6.95. The quantitative estimate of drug-likeness (QED) is 0.745. The molecule has 1 heterocycles. The standard InChI is InChI=1S/C20H24N2O4S2/c1-13(2)26-16-6-4-15(5-7-16)11-21-28(24,25)17-8-9-19-18(10-17)22-20(23)14(3)12-27-19/h4-10,13-14,21H,11-12H2,1-3H3,(H,22,23)/t14-/m1/s1. The van der Waals surface area contributed by atoms with Gasteiger partial charge in [0.1, 0.15) is 5.75 Å². The number of amides is 1. The number of nitrogens with one attached hydrogen (secondary N) is 2. The lowest BCUT2D eigenvalue weighted by atomic mass is 10.2. The molecule has 2 aromatic rings. The Hall–Kier alpha value is -2.03. The highest BCUT2D eigenvalue weighted by Gasteiger charge is 2.22. The lowest BCUT2D eigenvalue weighted by molar-refractivity contribution is -0.118. The van der Waals surface area contributed by atoms with Gasteiger partial charge in [-0.3, -0.25) is 4.79 Å².